The Kier molecular flexibility index (Phi) is 11.9. The van der Waals surface area contributed by atoms with Crippen molar-refractivity contribution in [2.45, 2.75) is 57.0 Å². The van der Waals surface area contributed by atoms with Crippen LogP contribution in [0.1, 0.15) is 61.9 Å². The number of aromatic amines is 1. The van der Waals surface area contributed by atoms with Gasteiger partial charge in [-0.1, -0.05) is 43.2 Å². The number of allylic oxidation sites excluding steroid dienone is 1. The third-order valence-electron chi connectivity index (χ3n) is 11.7. The van der Waals surface area contributed by atoms with E-state index in [4.69, 9.17) is 21.1 Å². The highest BCUT2D eigenvalue weighted by atomic mass is 35.5. The summed E-state index contributed by atoms with van der Waals surface area (Å²) in [6.45, 7) is 9.67. The van der Waals surface area contributed by atoms with Crippen molar-refractivity contribution in [1.29, 1.82) is 0 Å². The van der Waals surface area contributed by atoms with E-state index in [0.29, 0.717) is 18.9 Å². The third kappa shape index (κ3) is 9.47. The molecule has 13 nitrogen and oxygen atoms in total. The predicted octanol–water partition coefficient (Wildman–Crippen LogP) is 9.02. The first-order valence-electron chi connectivity index (χ1n) is 20.3. The zero-order chi connectivity index (χ0) is 42.0. The van der Waals surface area contributed by atoms with Crippen molar-refractivity contribution >= 4 is 61.1 Å². The number of rotatable bonds is 13. The third-order valence-corrected chi connectivity index (χ3v) is 13.3. The van der Waals surface area contributed by atoms with E-state index in [0.717, 1.165) is 92.5 Å². The first-order chi connectivity index (χ1) is 28.8. The lowest BCUT2D eigenvalue weighted by atomic mass is 9.72. The van der Waals surface area contributed by atoms with E-state index in [9.17, 15) is 23.3 Å². The van der Waals surface area contributed by atoms with Crippen LogP contribution in [0.4, 0.5) is 17.1 Å². The molecule has 4 aromatic carbocycles. The molecule has 2 fully saturated rings. The van der Waals surface area contributed by atoms with Gasteiger partial charge < -0.3 is 24.7 Å². The summed E-state index contributed by atoms with van der Waals surface area (Å²) in [5.74, 6) is -0.310. The Hall–Kier alpha value is -5.41. The summed E-state index contributed by atoms with van der Waals surface area (Å²) < 4.78 is 41.3. The maximum atomic E-state index is 13.9. The van der Waals surface area contributed by atoms with E-state index in [-0.39, 0.29) is 28.5 Å². The van der Waals surface area contributed by atoms with Crippen molar-refractivity contribution < 1.29 is 27.6 Å². The van der Waals surface area contributed by atoms with Crippen LogP contribution in [0.15, 0.2) is 102 Å². The van der Waals surface area contributed by atoms with Crippen molar-refractivity contribution in [2.24, 2.45) is 5.41 Å². The molecule has 3 heterocycles. The summed E-state index contributed by atoms with van der Waals surface area (Å²) in [5.41, 5.74) is 5.80. The average Bonchev–Trinajstić information content (AvgIpc) is 3.93. The molecule has 5 aromatic rings. The molecule has 60 heavy (non-hydrogen) atoms. The van der Waals surface area contributed by atoms with Gasteiger partial charge in [-0.25, -0.2) is 13.1 Å². The Morgan fingerprint density at radius 3 is 2.57 bits per heavy atom. The van der Waals surface area contributed by atoms with Crippen LogP contribution in [-0.2, 0) is 14.8 Å². The van der Waals surface area contributed by atoms with Crippen LogP contribution in [-0.4, -0.2) is 81.1 Å². The highest BCUT2D eigenvalue weighted by Crippen LogP contribution is 2.43. The first kappa shape index (κ1) is 41.3. The fraction of sp³-hybridized carbons (Fsp3) is 0.356. The van der Waals surface area contributed by atoms with E-state index >= 15 is 0 Å². The van der Waals surface area contributed by atoms with Crippen LogP contribution in [0, 0.1) is 15.5 Å². The number of ether oxygens (including phenoxy) is 2. The smallest absolute Gasteiger partial charge is 0.293 e. The number of piperazine rings is 1. The Balaban J connectivity index is 1.01. The molecule has 2 saturated heterocycles. The van der Waals surface area contributed by atoms with E-state index in [1.807, 2.05) is 36.5 Å². The second-order valence-electron chi connectivity index (χ2n) is 16.6. The number of nitrogens with zero attached hydrogens (tertiary/aromatic N) is 3. The molecule has 3 aliphatic rings. The maximum Gasteiger partial charge on any atom is 0.293 e. The molecule has 0 spiro atoms. The maximum absolute atomic E-state index is 13.9. The second kappa shape index (κ2) is 17.3. The minimum Gasteiger partial charge on any atom is -0.456 e. The van der Waals surface area contributed by atoms with Gasteiger partial charge in [0.15, 0.2) is 0 Å². The number of nitro groups is 1. The monoisotopic (exact) mass is 852 g/mol. The molecule has 314 valence electrons. The Labute approximate surface area is 354 Å². The largest absolute Gasteiger partial charge is 0.456 e. The molecule has 1 aromatic heterocycles. The summed E-state index contributed by atoms with van der Waals surface area (Å²) in [6, 6.07) is 24.2. The van der Waals surface area contributed by atoms with E-state index in [2.05, 4.69) is 50.8 Å². The van der Waals surface area contributed by atoms with Crippen molar-refractivity contribution in [3.05, 3.63) is 123 Å². The zero-order valence-electron chi connectivity index (χ0n) is 33.7. The minimum atomic E-state index is -4.54. The lowest BCUT2D eigenvalue weighted by Crippen LogP contribution is -2.47. The molecule has 2 aliphatic heterocycles. The van der Waals surface area contributed by atoms with Crippen molar-refractivity contribution in [1.82, 2.24) is 14.6 Å². The molecule has 3 N–H and O–H groups in total. The number of H-pyrrole nitrogens is 1. The Bertz CT molecular complexity index is 2540. The Morgan fingerprint density at radius 2 is 1.82 bits per heavy atom. The number of carbonyl (C=O) groups is 1. The summed E-state index contributed by atoms with van der Waals surface area (Å²) in [7, 11) is -4.54. The molecule has 0 radical (unpaired) electrons. The average molecular weight is 853 g/mol. The number of anilines is 2. The topological polar surface area (TPSA) is 159 Å². The van der Waals surface area contributed by atoms with Crippen LogP contribution in [0.2, 0.25) is 5.02 Å². The molecule has 0 unspecified atom stereocenters. The van der Waals surface area contributed by atoms with Crippen LogP contribution < -0.4 is 19.7 Å². The van der Waals surface area contributed by atoms with Gasteiger partial charge in [-0.15, -0.1) is 0 Å². The number of sulfonamides is 1. The number of hydrogen-bond donors (Lipinski definition) is 3. The predicted molar refractivity (Wildman–Crippen MR) is 235 cm³/mol. The van der Waals surface area contributed by atoms with Crippen LogP contribution >= 0.6 is 11.6 Å². The number of halogens is 1. The number of hydrogen-bond acceptors (Lipinski definition) is 10. The number of benzene rings is 4. The number of amides is 1. The molecule has 1 atom stereocenters. The van der Waals surface area contributed by atoms with Gasteiger partial charge >= 0.3 is 0 Å². The van der Waals surface area contributed by atoms with Gasteiger partial charge in [0.2, 0.25) is 0 Å². The lowest BCUT2D eigenvalue weighted by Gasteiger charge is -2.39. The first-order valence-corrected chi connectivity index (χ1v) is 22.2. The van der Waals surface area contributed by atoms with Gasteiger partial charge in [-0.05, 0) is 109 Å². The number of carbonyl (C=O) groups excluding carboxylic acids is 1. The van der Waals surface area contributed by atoms with E-state index in [1.54, 1.807) is 24.3 Å². The summed E-state index contributed by atoms with van der Waals surface area (Å²) in [6.07, 6.45) is 6.68. The summed E-state index contributed by atoms with van der Waals surface area (Å²) in [5, 5.41) is 16.7. The van der Waals surface area contributed by atoms with Crippen LogP contribution in [0.5, 0.6) is 11.5 Å². The molecule has 15 heteroatoms. The second-order valence-corrected chi connectivity index (χ2v) is 18.7. The number of aromatic nitrogens is 1. The van der Waals surface area contributed by atoms with Gasteiger partial charge in [-0.3, -0.25) is 19.8 Å². The van der Waals surface area contributed by atoms with Crippen molar-refractivity contribution in [3.63, 3.8) is 0 Å². The fourth-order valence-corrected chi connectivity index (χ4v) is 9.46. The van der Waals surface area contributed by atoms with E-state index < -0.39 is 31.4 Å². The van der Waals surface area contributed by atoms with Gasteiger partial charge in [-0.2, -0.15) is 0 Å². The normalized spacial score (nSPS) is 18.4. The minimum absolute atomic E-state index is 0.0126. The van der Waals surface area contributed by atoms with Crippen molar-refractivity contribution in [3.8, 4) is 11.5 Å². The Morgan fingerprint density at radius 1 is 1.02 bits per heavy atom. The SMILES string of the molecule is CC1(C)CCC(CN2CCN(c3ccc(C(=O)NS(=O)(=O)c4ccc(NC[C@H]5CCCO5)c([N+](=O)[O-])c4)c(Oc4ccc5[nH]ccc5c4)c3)CC2)=C(c2ccc(Cl)cc2)C1. The molecule has 1 amide bonds. The van der Waals surface area contributed by atoms with Crippen LogP contribution in [0.3, 0.4) is 0 Å². The summed E-state index contributed by atoms with van der Waals surface area (Å²) >= 11 is 6.24. The number of nitro benzene ring substituents is 1. The molecule has 1 aliphatic carbocycles. The molecule has 8 rings (SSSR count). The quantitative estimate of drug-likeness (QED) is 0.0771. The number of fused-ring (bicyclic) bond motifs is 1. The van der Waals surface area contributed by atoms with Gasteiger partial charge in [0.05, 0.1) is 21.5 Å². The summed E-state index contributed by atoms with van der Waals surface area (Å²) in [4.78, 5) is 32.7. The highest BCUT2D eigenvalue weighted by Gasteiger charge is 2.31. The molecule has 0 bridgehead atoms. The van der Waals surface area contributed by atoms with Gasteiger partial charge in [0, 0.05) is 85.8 Å². The molecular formula is C45H49ClN6O7S. The standard InChI is InChI=1S/C45H49ClN6O7S/c1-45(2)17-15-32(39(27-45)30-5-7-33(46)8-6-30)29-50-19-21-51(22-20-50)34-9-12-38(43(25-34)59-35-10-13-40-31(24-35)16-18-47-40)44(53)49-60(56,57)37-11-14-41(42(26-37)52(54)55)48-28-36-4-3-23-58-36/h5-14,16,18,24-26,36,47-48H,3-4,15,17,19-23,27-29H2,1-2H3,(H,49,53)/t36-/m1/s1. The zero-order valence-corrected chi connectivity index (χ0v) is 35.3. The van der Waals surface area contributed by atoms with Gasteiger partial charge in [0.1, 0.15) is 17.2 Å². The van der Waals surface area contributed by atoms with Crippen LogP contribution in [0.25, 0.3) is 16.5 Å². The van der Waals surface area contributed by atoms with E-state index in [1.165, 1.54) is 28.8 Å². The van der Waals surface area contributed by atoms with Gasteiger partial charge in [0.25, 0.3) is 21.6 Å². The highest BCUT2D eigenvalue weighted by molar-refractivity contribution is 7.90. The number of nitrogens with one attached hydrogen (secondary N) is 3. The fourth-order valence-electron chi connectivity index (χ4n) is 8.34. The van der Waals surface area contributed by atoms with Crippen molar-refractivity contribution in [2.75, 3.05) is 56.1 Å². The molecular weight excluding hydrogens is 804 g/mol. The molecule has 0 saturated carbocycles. The lowest BCUT2D eigenvalue weighted by molar-refractivity contribution is -0.384.